The van der Waals surface area contributed by atoms with Gasteiger partial charge in [-0.15, -0.1) is 0 Å². The monoisotopic (exact) mass is 385 g/mol. The second kappa shape index (κ2) is 9.55. The van der Waals surface area contributed by atoms with Gasteiger partial charge in [0.25, 0.3) is 0 Å². The van der Waals surface area contributed by atoms with Crippen LogP contribution in [0.1, 0.15) is 63.0 Å². The highest BCUT2D eigenvalue weighted by Gasteiger charge is 2.29. The largest absolute Gasteiger partial charge is 0.353 e. The van der Waals surface area contributed by atoms with E-state index in [4.69, 9.17) is 0 Å². The Bertz CT molecular complexity index is 669. The summed E-state index contributed by atoms with van der Waals surface area (Å²) in [5.41, 5.74) is 3.10. The summed E-state index contributed by atoms with van der Waals surface area (Å²) in [5.74, 6) is 0.509. The van der Waals surface area contributed by atoms with Gasteiger partial charge in [-0.25, -0.2) is 0 Å². The van der Waals surface area contributed by atoms with Gasteiger partial charge in [0.15, 0.2) is 0 Å². The SMILES string of the molecule is Cc1cccc(C)c1NC(=O)C(C)N1CCC(NC(=O)C2CCCCC2)CC1. The molecule has 0 bridgehead atoms. The van der Waals surface area contributed by atoms with E-state index in [0.717, 1.165) is 55.6 Å². The third-order valence-corrected chi connectivity index (χ3v) is 6.51. The number of nitrogens with one attached hydrogen (secondary N) is 2. The summed E-state index contributed by atoms with van der Waals surface area (Å²) < 4.78 is 0. The third-order valence-electron chi connectivity index (χ3n) is 6.51. The van der Waals surface area contributed by atoms with Crippen molar-refractivity contribution in [3.05, 3.63) is 29.3 Å². The van der Waals surface area contributed by atoms with Crippen LogP contribution in [0.25, 0.3) is 0 Å². The van der Waals surface area contributed by atoms with Crippen LogP contribution in [0, 0.1) is 19.8 Å². The number of hydrogen-bond acceptors (Lipinski definition) is 3. The molecule has 5 nitrogen and oxygen atoms in total. The third kappa shape index (κ3) is 5.13. The van der Waals surface area contributed by atoms with E-state index in [2.05, 4.69) is 15.5 Å². The fourth-order valence-electron chi connectivity index (χ4n) is 4.52. The Morgan fingerprint density at radius 1 is 1.00 bits per heavy atom. The lowest BCUT2D eigenvalue weighted by Crippen LogP contribution is -2.51. The number of hydrogen-bond donors (Lipinski definition) is 2. The zero-order valence-corrected chi connectivity index (χ0v) is 17.6. The molecule has 154 valence electrons. The molecule has 1 saturated carbocycles. The van der Waals surface area contributed by atoms with Gasteiger partial charge in [0.1, 0.15) is 0 Å². The zero-order valence-electron chi connectivity index (χ0n) is 17.6. The molecule has 1 aliphatic carbocycles. The first-order chi connectivity index (χ1) is 13.5. The van der Waals surface area contributed by atoms with E-state index in [-0.39, 0.29) is 29.8 Å². The Morgan fingerprint density at radius 2 is 1.61 bits per heavy atom. The lowest BCUT2D eigenvalue weighted by atomic mass is 9.88. The topological polar surface area (TPSA) is 61.4 Å². The van der Waals surface area contributed by atoms with Gasteiger partial charge < -0.3 is 10.6 Å². The molecule has 0 aromatic heterocycles. The van der Waals surface area contributed by atoms with Gasteiger partial charge in [0.2, 0.25) is 11.8 Å². The zero-order chi connectivity index (χ0) is 20.1. The van der Waals surface area contributed by atoms with Crippen molar-refractivity contribution in [2.24, 2.45) is 5.92 Å². The summed E-state index contributed by atoms with van der Waals surface area (Å²) in [6.45, 7) is 7.71. The molecular weight excluding hydrogens is 350 g/mol. The summed E-state index contributed by atoms with van der Waals surface area (Å²) in [5, 5.41) is 6.38. The molecule has 0 radical (unpaired) electrons. The van der Waals surface area contributed by atoms with Crippen molar-refractivity contribution in [1.82, 2.24) is 10.2 Å². The number of carbonyl (C=O) groups is 2. The van der Waals surface area contributed by atoms with Crippen LogP contribution in [0.5, 0.6) is 0 Å². The Kier molecular flexibility index (Phi) is 7.11. The Balaban J connectivity index is 1.47. The molecule has 2 aliphatic rings. The normalized spacial score (nSPS) is 20.5. The standard InChI is InChI=1S/C23H35N3O2/c1-16-8-7-9-17(2)21(16)25-22(27)18(3)26-14-12-20(13-15-26)24-23(28)19-10-5-4-6-11-19/h7-9,18-20H,4-6,10-15H2,1-3H3,(H,24,28)(H,25,27). The number of aryl methyl sites for hydroxylation is 2. The fourth-order valence-corrected chi connectivity index (χ4v) is 4.52. The highest BCUT2D eigenvalue weighted by atomic mass is 16.2. The number of carbonyl (C=O) groups excluding carboxylic acids is 2. The number of anilines is 1. The number of nitrogens with zero attached hydrogens (tertiary/aromatic N) is 1. The molecule has 3 rings (SSSR count). The molecule has 2 fully saturated rings. The molecular formula is C23H35N3O2. The molecule has 2 N–H and O–H groups in total. The first-order valence-electron chi connectivity index (χ1n) is 10.9. The summed E-state index contributed by atoms with van der Waals surface area (Å²) in [6.07, 6.45) is 7.55. The minimum absolute atomic E-state index is 0.0436. The van der Waals surface area contributed by atoms with Gasteiger partial charge in [-0.1, -0.05) is 37.5 Å². The van der Waals surface area contributed by atoms with Crippen LogP contribution in [0.4, 0.5) is 5.69 Å². The second-order valence-electron chi connectivity index (χ2n) is 8.59. The highest BCUT2D eigenvalue weighted by Crippen LogP contribution is 2.25. The minimum atomic E-state index is -0.172. The van der Waals surface area contributed by atoms with E-state index in [1.54, 1.807) is 0 Å². The van der Waals surface area contributed by atoms with Crippen LogP contribution in [-0.4, -0.2) is 41.9 Å². The Labute approximate surface area is 169 Å². The first-order valence-corrected chi connectivity index (χ1v) is 10.9. The summed E-state index contributed by atoms with van der Waals surface area (Å²) in [7, 11) is 0. The maximum atomic E-state index is 12.8. The van der Waals surface area contributed by atoms with Crippen LogP contribution >= 0.6 is 0 Å². The molecule has 1 aromatic carbocycles. The van der Waals surface area contributed by atoms with Gasteiger partial charge in [-0.3, -0.25) is 14.5 Å². The Morgan fingerprint density at radius 3 is 2.21 bits per heavy atom. The predicted octanol–water partition coefficient (Wildman–Crippen LogP) is 3.79. The molecule has 1 aliphatic heterocycles. The molecule has 1 atom stereocenters. The lowest BCUT2D eigenvalue weighted by molar-refractivity contribution is -0.127. The van der Waals surface area contributed by atoms with Gasteiger partial charge in [-0.05, 0) is 57.6 Å². The predicted molar refractivity (Wildman–Crippen MR) is 113 cm³/mol. The number of amides is 2. The maximum absolute atomic E-state index is 12.8. The van der Waals surface area contributed by atoms with Crippen molar-refractivity contribution in [1.29, 1.82) is 0 Å². The number of piperidine rings is 1. The van der Waals surface area contributed by atoms with E-state index < -0.39 is 0 Å². The quantitative estimate of drug-likeness (QED) is 0.811. The van der Waals surface area contributed by atoms with Crippen LogP contribution in [-0.2, 0) is 9.59 Å². The van der Waals surface area contributed by atoms with Crippen molar-refractivity contribution < 1.29 is 9.59 Å². The summed E-state index contributed by atoms with van der Waals surface area (Å²) in [6, 6.07) is 6.13. The minimum Gasteiger partial charge on any atom is -0.353 e. The Hall–Kier alpha value is -1.88. The van der Waals surface area contributed by atoms with Crippen molar-refractivity contribution in [2.75, 3.05) is 18.4 Å². The average molecular weight is 386 g/mol. The van der Waals surface area contributed by atoms with E-state index in [9.17, 15) is 9.59 Å². The number of benzene rings is 1. The van der Waals surface area contributed by atoms with Crippen LogP contribution < -0.4 is 10.6 Å². The fraction of sp³-hybridized carbons (Fsp3) is 0.652. The smallest absolute Gasteiger partial charge is 0.241 e. The summed E-state index contributed by atoms with van der Waals surface area (Å²) in [4.78, 5) is 27.5. The van der Waals surface area contributed by atoms with E-state index in [0.29, 0.717) is 0 Å². The molecule has 2 amide bonds. The molecule has 1 aromatic rings. The van der Waals surface area contributed by atoms with Crippen LogP contribution in [0.15, 0.2) is 18.2 Å². The molecule has 0 spiro atoms. The second-order valence-corrected chi connectivity index (χ2v) is 8.59. The number of para-hydroxylation sites is 1. The van der Waals surface area contributed by atoms with Crippen molar-refractivity contribution in [3.63, 3.8) is 0 Å². The molecule has 5 heteroatoms. The molecule has 1 heterocycles. The average Bonchev–Trinajstić information content (AvgIpc) is 2.71. The van der Waals surface area contributed by atoms with E-state index >= 15 is 0 Å². The van der Waals surface area contributed by atoms with Crippen molar-refractivity contribution in [3.8, 4) is 0 Å². The maximum Gasteiger partial charge on any atom is 0.241 e. The summed E-state index contributed by atoms with van der Waals surface area (Å²) >= 11 is 0. The van der Waals surface area contributed by atoms with Crippen LogP contribution in [0.2, 0.25) is 0 Å². The lowest BCUT2D eigenvalue weighted by Gasteiger charge is -2.36. The first kappa shape index (κ1) is 20.8. The van der Waals surface area contributed by atoms with Crippen molar-refractivity contribution >= 4 is 17.5 Å². The van der Waals surface area contributed by atoms with Gasteiger partial charge in [0.05, 0.1) is 6.04 Å². The van der Waals surface area contributed by atoms with Gasteiger partial charge in [0, 0.05) is 30.7 Å². The van der Waals surface area contributed by atoms with E-state index in [1.807, 2.05) is 39.0 Å². The van der Waals surface area contributed by atoms with Crippen molar-refractivity contribution in [2.45, 2.75) is 77.8 Å². The molecule has 28 heavy (non-hydrogen) atoms. The van der Waals surface area contributed by atoms with Gasteiger partial charge >= 0.3 is 0 Å². The molecule has 1 saturated heterocycles. The highest BCUT2D eigenvalue weighted by molar-refractivity contribution is 5.95. The van der Waals surface area contributed by atoms with E-state index in [1.165, 1.54) is 19.3 Å². The number of rotatable bonds is 5. The number of likely N-dealkylation sites (tertiary alicyclic amines) is 1. The molecule has 1 unspecified atom stereocenters. The van der Waals surface area contributed by atoms with Crippen LogP contribution in [0.3, 0.4) is 0 Å². The van der Waals surface area contributed by atoms with Gasteiger partial charge in [-0.2, -0.15) is 0 Å².